The summed E-state index contributed by atoms with van der Waals surface area (Å²) in [5.74, 6) is 0.0529. The third kappa shape index (κ3) is 3.10. The number of fused-ring (bicyclic) bond motifs is 1. The Hall–Kier alpha value is -2.63. The molecule has 1 aromatic heterocycles. The Morgan fingerprint density at radius 3 is 2.76 bits per heavy atom. The van der Waals surface area contributed by atoms with Crippen LogP contribution in [0.4, 0.5) is 10.1 Å². The van der Waals surface area contributed by atoms with Crippen molar-refractivity contribution in [3.05, 3.63) is 48.0 Å². The molecule has 3 rings (SSSR count). The zero-order chi connectivity index (χ0) is 14.7. The van der Waals surface area contributed by atoms with Crippen LogP contribution in [-0.4, -0.2) is 24.1 Å². The average Bonchev–Trinajstić information content (AvgIpc) is 2.72. The predicted molar refractivity (Wildman–Crippen MR) is 74.2 cm³/mol. The van der Waals surface area contributed by atoms with Gasteiger partial charge in [-0.15, -0.1) is 0 Å². The van der Waals surface area contributed by atoms with Crippen LogP contribution >= 0.6 is 0 Å². The predicted octanol–water partition coefficient (Wildman–Crippen LogP) is 2.63. The van der Waals surface area contributed by atoms with E-state index in [4.69, 9.17) is 9.47 Å². The van der Waals surface area contributed by atoms with Crippen molar-refractivity contribution < 1.29 is 18.7 Å². The normalized spacial score (nSPS) is 13.4. The summed E-state index contributed by atoms with van der Waals surface area (Å²) < 4.78 is 24.1. The summed E-state index contributed by atoms with van der Waals surface area (Å²) in [4.78, 5) is 15.5. The molecule has 1 aromatic carbocycles. The van der Waals surface area contributed by atoms with Crippen LogP contribution in [-0.2, 0) is 0 Å². The van der Waals surface area contributed by atoms with Crippen LogP contribution in [0.15, 0.2) is 36.4 Å². The standard InChI is InChI=1S/C15H13FN2O3/c16-14-4-1-3-11(18-14)15(19)17-10-5-6-12-13(9-10)21-8-2-7-20-12/h1,3-6,9H,2,7-8H2,(H,17,19). The maximum atomic E-state index is 13.0. The maximum Gasteiger partial charge on any atom is 0.274 e. The van der Waals surface area contributed by atoms with E-state index in [1.807, 2.05) is 0 Å². The van der Waals surface area contributed by atoms with E-state index in [1.165, 1.54) is 18.2 Å². The summed E-state index contributed by atoms with van der Waals surface area (Å²) in [5, 5.41) is 2.65. The molecule has 0 radical (unpaired) electrons. The minimum atomic E-state index is -0.693. The van der Waals surface area contributed by atoms with E-state index in [0.29, 0.717) is 30.4 Å². The average molecular weight is 288 g/mol. The third-order valence-corrected chi connectivity index (χ3v) is 2.95. The molecular formula is C15H13FN2O3. The van der Waals surface area contributed by atoms with Crippen LogP contribution in [0.1, 0.15) is 16.9 Å². The second-order valence-corrected chi connectivity index (χ2v) is 4.51. The number of amides is 1. The fourth-order valence-corrected chi connectivity index (χ4v) is 1.97. The van der Waals surface area contributed by atoms with Crippen molar-refractivity contribution in [3.63, 3.8) is 0 Å². The molecule has 1 amide bonds. The third-order valence-electron chi connectivity index (χ3n) is 2.95. The largest absolute Gasteiger partial charge is 0.490 e. The number of ether oxygens (including phenoxy) is 2. The van der Waals surface area contributed by atoms with Gasteiger partial charge >= 0.3 is 0 Å². The van der Waals surface area contributed by atoms with E-state index in [-0.39, 0.29) is 5.69 Å². The molecule has 1 N–H and O–H groups in total. The fraction of sp³-hybridized carbons (Fsp3) is 0.200. The van der Waals surface area contributed by atoms with Crippen LogP contribution in [0.2, 0.25) is 0 Å². The number of carbonyl (C=O) groups excluding carboxylic acids is 1. The van der Waals surface area contributed by atoms with Crippen molar-refractivity contribution in [1.29, 1.82) is 0 Å². The van der Waals surface area contributed by atoms with Gasteiger partial charge in [-0.05, 0) is 24.3 Å². The van der Waals surface area contributed by atoms with Gasteiger partial charge in [0.25, 0.3) is 5.91 Å². The zero-order valence-electron chi connectivity index (χ0n) is 11.1. The van der Waals surface area contributed by atoms with E-state index in [2.05, 4.69) is 10.3 Å². The Morgan fingerprint density at radius 2 is 1.95 bits per heavy atom. The van der Waals surface area contributed by atoms with Gasteiger partial charge in [0.15, 0.2) is 11.5 Å². The van der Waals surface area contributed by atoms with Crippen molar-refractivity contribution in [1.82, 2.24) is 4.98 Å². The van der Waals surface area contributed by atoms with Gasteiger partial charge in [0.05, 0.1) is 13.2 Å². The minimum Gasteiger partial charge on any atom is -0.490 e. The number of benzene rings is 1. The first-order chi connectivity index (χ1) is 10.2. The van der Waals surface area contributed by atoms with Gasteiger partial charge in [0, 0.05) is 18.2 Å². The number of pyridine rings is 1. The Labute approximate surface area is 120 Å². The molecule has 2 aromatic rings. The molecule has 108 valence electrons. The smallest absolute Gasteiger partial charge is 0.274 e. The number of rotatable bonds is 2. The lowest BCUT2D eigenvalue weighted by atomic mass is 10.2. The lowest BCUT2D eigenvalue weighted by Gasteiger charge is -2.10. The highest BCUT2D eigenvalue weighted by Gasteiger charge is 2.13. The molecule has 0 unspecified atom stereocenters. The fourth-order valence-electron chi connectivity index (χ4n) is 1.97. The second kappa shape index (κ2) is 5.78. The Morgan fingerprint density at radius 1 is 1.14 bits per heavy atom. The summed E-state index contributed by atoms with van der Waals surface area (Å²) in [7, 11) is 0. The molecule has 0 spiro atoms. The Balaban J connectivity index is 1.79. The van der Waals surface area contributed by atoms with Crippen LogP contribution in [0.3, 0.4) is 0 Å². The molecule has 5 nitrogen and oxygen atoms in total. The number of nitrogens with zero attached hydrogens (tertiary/aromatic N) is 1. The quantitative estimate of drug-likeness (QED) is 0.863. The highest BCUT2D eigenvalue weighted by Crippen LogP contribution is 2.32. The van der Waals surface area contributed by atoms with Gasteiger partial charge in [-0.25, -0.2) is 4.98 Å². The maximum absolute atomic E-state index is 13.0. The van der Waals surface area contributed by atoms with E-state index in [0.717, 1.165) is 6.42 Å². The summed E-state index contributed by atoms with van der Waals surface area (Å²) in [6.07, 6.45) is 0.809. The van der Waals surface area contributed by atoms with Crippen molar-refractivity contribution in [3.8, 4) is 11.5 Å². The molecule has 0 saturated heterocycles. The number of halogens is 1. The van der Waals surface area contributed by atoms with Crippen molar-refractivity contribution in [2.24, 2.45) is 0 Å². The van der Waals surface area contributed by atoms with Gasteiger partial charge in [-0.1, -0.05) is 6.07 Å². The lowest BCUT2D eigenvalue weighted by Crippen LogP contribution is -2.14. The number of hydrogen-bond acceptors (Lipinski definition) is 4. The van der Waals surface area contributed by atoms with Crippen LogP contribution in [0.5, 0.6) is 11.5 Å². The Kier molecular flexibility index (Phi) is 3.68. The van der Waals surface area contributed by atoms with E-state index in [9.17, 15) is 9.18 Å². The lowest BCUT2D eigenvalue weighted by molar-refractivity contribution is 0.102. The van der Waals surface area contributed by atoms with E-state index < -0.39 is 11.9 Å². The summed E-state index contributed by atoms with van der Waals surface area (Å²) >= 11 is 0. The minimum absolute atomic E-state index is 0.0158. The Bertz CT molecular complexity index is 676. The SMILES string of the molecule is O=C(Nc1ccc2c(c1)OCCCO2)c1cccc(F)n1. The van der Waals surface area contributed by atoms with E-state index >= 15 is 0 Å². The number of carbonyl (C=O) groups is 1. The molecule has 0 bridgehead atoms. The van der Waals surface area contributed by atoms with Gasteiger partial charge < -0.3 is 14.8 Å². The van der Waals surface area contributed by atoms with Gasteiger partial charge in [0.1, 0.15) is 5.69 Å². The van der Waals surface area contributed by atoms with E-state index in [1.54, 1.807) is 18.2 Å². The molecule has 0 fully saturated rings. The summed E-state index contributed by atoms with van der Waals surface area (Å²) in [6, 6.07) is 9.18. The van der Waals surface area contributed by atoms with Gasteiger partial charge in [-0.2, -0.15) is 4.39 Å². The first-order valence-electron chi connectivity index (χ1n) is 6.56. The summed E-state index contributed by atoms with van der Waals surface area (Å²) in [6.45, 7) is 1.17. The first-order valence-corrected chi connectivity index (χ1v) is 6.56. The molecule has 21 heavy (non-hydrogen) atoms. The molecule has 2 heterocycles. The number of nitrogens with one attached hydrogen (secondary N) is 1. The number of anilines is 1. The van der Waals surface area contributed by atoms with Crippen LogP contribution < -0.4 is 14.8 Å². The molecule has 0 aliphatic carbocycles. The molecule has 1 aliphatic heterocycles. The molecular weight excluding hydrogens is 275 g/mol. The monoisotopic (exact) mass is 288 g/mol. The van der Waals surface area contributed by atoms with Crippen molar-refractivity contribution >= 4 is 11.6 Å². The van der Waals surface area contributed by atoms with Crippen LogP contribution in [0, 0.1) is 5.95 Å². The zero-order valence-corrected chi connectivity index (χ0v) is 11.1. The highest BCUT2D eigenvalue weighted by molar-refractivity contribution is 6.02. The summed E-state index contributed by atoms with van der Waals surface area (Å²) in [5.41, 5.74) is 0.553. The molecule has 0 atom stereocenters. The van der Waals surface area contributed by atoms with Gasteiger partial charge in [-0.3, -0.25) is 4.79 Å². The molecule has 0 saturated carbocycles. The second-order valence-electron chi connectivity index (χ2n) is 4.51. The van der Waals surface area contributed by atoms with Crippen LogP contribution in [0.25, 0.3) is 0 Å². The molecule has 1 aliphatic rings. The topological polar surface area (TPSA) is 60.5 Å². The number of aromatic nitrogens is 1. The van der Waals surface area contributed by atoms with Crippen molar-refractivity contribution in [2.75, 3.05) is 18.5 Å². The highest BCUT2D eigenvalue weighted by atomic mass is 19.1. The van der Waals surface area contributed by atoms with Crippen molar-refractivity contribution in [2.45, 2.75) is 6.42 Å². The first kappa shape index (κ1) is 13.4. The van der Waals surface area contributed by atoms with Gasteiger partial charge in [0.2, 0.25) is 5.95 Å². The molecule has 6 heteroatoms. The number of hydrogen-bond donors (Lipinski definition) is 1.